The van der Waals surface area contributed by atoms with Gasteiger partial charge in [0.1, 0.15) is 6.04 Å². The molecule has 2 heterocycles. The molecule has 22 heavy (non-hydrogen) atoms. The van der Waals surface area contributed by atoms with Crippen LogP contribution in [-0.4, -0.2) is 30.9 Å². The number of piperidine rings is 1. The van der Waals surface area contributed by atoms with Gasteiger partial charge < -0.3 is 10.1 Å². The molecule has 1 aliphatic carbocycles. The predicted molar refractivity (Wildman–Crippen MR) is 80.9 cm³/mol. The monoisotopic (exact) mass is 322 g/mol. The third-order valence-corrected chi connectivity index (χ3v) is 5.18. The first-order valence-electron chi connectivity index (χ1n) is 7.36. The molecule has 0 bridgehead atoms. The number of hydrogen-bond donors (Lipinski definition) is 2. The van der Waals surface area contributed by atoms with Gasteiger partial charge in [0.15, 0.2) is 5.06 Å². The summed E-state index contributed by atoms with van der Waals surface area (Å²) >= 11 is 1.59. The van der Waals surface area contributed by atoms with Gasteiger partial charge >= 0.3 is 0 Å². The first-order valence-corrected chi connectivity index (χ1v) is 8.18. The third-order valence-electron chi connectivity index (χ3n) is 3.88. The first-order chi connectivity index (χ1) is 10.6. The minimum absolute atomic E-state index is 0.185. The van der Waals surface area contributed by atoms with Gasteiger partial charge in [0.2, 0.25) is 17.7 Å². The molecular weight excluding hydrogens is 304 g/mol. The number of carbonyl (C=O) groups excluding carboxylic acids is 3. The average Bonchev–Trinajstić information content (AvgIpc) is 3.24. The van der Waals surface area contributed by atoms with Crippen molar-refractivity contribution in [2.45, 2.75) is 44.1 Å². The fraction of sp³-hybridized carbons (Fsp3) is 0.533. The van der Waals surface area contributed by atoms with Crippen LogP contribution in [-0.2, 0) is 20.8 Å². The topological polar surface area (TPSA) is 84.5 Å². The zero-order chi connectivity index (χ0) is 15.7. The number of thiophene rings is 1. The summed E-state index contributed by atoms with van der Waals surface area (Å²) in [5.41, 5.74) is 0.860. The van der Waals surface area contributed by atoms with Gasteiger partial charge in [-0.2, -0.15) is 0 Å². The van der Waals surface area contributed by atoms with Crippen LogP contribution in [0.5, 0.6) is 5.06 Å². The summed E-state index contributed by atoms with van der Waals surface area (Å²) in [5.74, 6) is -0.330. The molecule has 3 amide bonds. The molecule has 3 rings (SSSR count). The van der Waals surface area contributed by atoms with E-state index in [1.54, 1.807) is 18.4 Å². The molecule has 1 aromatic heterocycles. The summed E-state index contributed by atoms with van der Waals surface area (Å²) in [7, 11) is 1.60. The van der Waals surface area contributed by atoms with Gasteiger partial charge in [0.05, 0.1) is 13.5 Å². The van der Waals surface area contributed by atoms with Crippen LogP contribution < -0.4 is 15.4 Å². The van der Waals surface area contributed by atoms with Gasteiger partial charge in [0, 0.05) is 16.9 Å². The van der Waals surface area contributed by atoms with Crippen molar-refractivity contribution >= 4 is 29.1 Å². The Hall–Kier alpha value is -1.89. The lowest BCUT2D eigenvalue weighted by Gasteiger charge is -2.21. The van der Waals surface area contributed by atoms with Crippen LogP contribution in [0, 0.1) is 0 Å². The molecule has 2 aliphatic rings. The van der Waals surface area contributed by atoms with Crippen LogP contribution in [0.2, 0.25) is 0 Å². The molecule has 118 valence electrons. The van der Waals surface area contributed by atoms with Gasteiger partial charge in [-0.25, -0.2) is 0 Å². The molecule has 1 saturated carbocycles. The van der Waals surface area contributed by atoms with Gasteiger partial charge in [-0.3, -0.25) is 19.7 Å². The lowest BCUT2D eigenvalue weighted by molar-refractivity contribution is -0.137. The van der Waals surface area contributed by atoms with Crippen molar-refractivity contribution < 1.29 is 19.1 Å². The zero-order valence-corrected chi connectivity index (χ0v) is 13.1. The quantitative estimate of drug-likeness (QED) is 0.795. The van der Waals surface area contributed by atoms with Gasteiger partial charge in [0.25, 0.3) is 0 Å². The van der Waals surface area contributed by atoms with E-state index in [0.29, 0.717) is 12.3 Å². The van der Waals surface area contributed by atoms with E-state index < -0.39 is 11.9 Å². The highest BCUT2D eigenvalue weighted by Crippen LogP contribution is 2.46. The molecule has 6 nitrogen and oxygen atoms in total. The van der Waals surface area contributed by atoms with Gasteiger partial charge in [-0.15, -0.1) is 11.3 Å². The third kappa shape index (κ3) is 3.30. The Bertz CT molecular complexity index is 621. The zero-order valence-electron chi connectivity index (χ0n) is 12.3. The molecule has 0 aromatic carbocycles. The van der Waals surface area contributed by atoms with Crippen LogP contribution >= 0.6 is 11.3 Å². The van der Waals surface area contributed by atoms with E-state index in [2.05, 4.69) is 10.6 Å². The van der Waals surface area contributed by atoms with Crippen LogP contribution in [0.4, 0.5) is 0 Å². The van der Waals surface area contributed by atoms with Crippen molar-refractivity contribution in [2.24, 2.45) is 0 Å². The second-order valence-electron chi connectivity index (χ2n) is 5.69. The number of methoxy groups -OCH3 is 1. The molecule has 1 saturated heterocycles. The summed E-state index contributed by atoms with van der Waals surface area (Å²) in [6, 6.07) is 1.41. The number of rotatable bonds is 5. The fourth-order valence-corrected chi connectivity index (χ4v) is 3.71. The Balaban J connectivity index is 1.61. The molecule has 7 heteroatoms. The normalized spacial score (nSPS) is 21.4. The predicted octanol–water partition coefficient (Wildman–Crippen LogP) is 1.10. The second kappa shape index (κ2) is 6.08. The largest absolute Gasteiger partial charge is 0.487 e. The average molecular weight is 322 g/mol. The summed E-state index contributed by atoms with van der Waals surface area (Å²) in [6.07, 6.45) is 3.19. The maximum absolute atomic E-state index is 12.1. The molecule has 1 aromatic rings. The Labute approximate surface area is 132 Å². The molecule has 0 spiro atoms. The molecule has 2 fully saturated rings. The van der Waals surface area contributed by atoms with Crippen molar-refractivity contribution in [1.29, 1.82) is 0 Å². The minimum atomic E-state index is -0.627. The number of amides is 3. The molecule has 1 unspecified atom stereocenters. The van der Waals surface area contributed by atoms with E-state index in [1.807, 2.05) is 6.07 Å². The SMILES string of the molecule is COc1sc(C2CC2)cc1CC(=O)NC1CCC(=O)NC1=O. The number of carbonyl (C=O) groups is 3. The molecule has 0 radical (unpaired) electrons. The summed E-state index contributed by atoms with van der Waals surface area (Å²) in [4.78, 5) is 36.1. The lowest BCUT2D eigenvalue weighted by atomic mass is 10.1. The van der Waals surface area contributed by atoms with Crippen molar-refractivity contribution in [1.82, 2.24) is 10.6 Å². The Morgan fingerprint density at radius 3 is 2.82 bits per heavy atom. The van der Waals surface area contributed by atoms with Crippen LogP contribution in [0.15, 0.2) is 6.07 Å². The van der Waals surface area contributed by atoms with E-state index in [1.165, 1.54) is 17.7 Å². The van der Waals surface area contributed by atoms with Crippen molar-refractivity contribution in [3.05, 3.63) is 16.5 Å². The number of nitrogens with one attached hydrogen (secondary N) is 2. The first kappa shape index (κ1) is 15.0. The highest BCUT2D eigenvalue weighted by molar-refractivity contribution is 7.14. The maximum atomic E-state index is 12.1. The molecule has 1 aliphatic heterocycles. The van der Waals surface area contributed by atoms with Crippen molar-refractivity contribution in [2.75, 3.05) is 7.11 Å². The standard InChI is InChI=1S/C15H18N2O4S/c1-21-15-9(6-11(22-15)8-2-3-8)7-13(19)16-10-4-5-12(18)17-14(10)20/h6,8,10H,2-5,7H2,1H3,(H,16,19)(H,17,18,20). The van der Waals surface area contributed by atoms with Crippen LogP contribution in [0.1, 0.15) is 42.0 Å². The maximum Gasteiger partial charge on any atom is 0.249 e. The molecule has 2 N–H and O–H groups in total. The van der Waals surface area contributed by atoms with Gasteiger partial charge in [-0.05, 0) is 31.2 Å². The van der Waals surface area contributed by atoms with Gasteiger partial charge in [-0.1, -0.05) is 0 Å². The van der Waals surface area contributed by atoms with E-state index >= 15 is 0 Å². The van der Waals surface area contributed by atoms with E-state index in [9.17, 15) is 14.4 Å². The van der Waals surface area contributed by atoms with Crippen LogP contribution in [0.3, 0.4) is 0 Å². The van der Waals surface area contributed by atoms with Crippen molar-refractivity contribution in [3.63, 3.8) is 0 Å². The van der Waals surface area contributed by atoms with E-state index in [4.69, 9.17) is 4.74 Å². The Kier molecular flexibility index (Phi) is 4.15. The van der Waals surface area contributed by atoms with Crippen LogP contribution in [0.25, 0.3) is 0 Å². The molecule has 1 atom stereocenters. The number of imide groups is 1. The summed E-state index contributed by atoms with van der Waals surface area (Å²) in [6.45, 7) is 0. The second-order valence-corrected chi connectivity index (χ2v) is 6.73. The number of hydrogen-bond acceptors (Lipinski definition) is 5. The number of ether oxygens (including phenoxy) is 1. The Morgan fingerprint density at radius 2 is 2.18 bits per heavy atom. The summed E-state index contributed by atoms with van der Waals surface area (Å²) in [5, 5.41) is 5.69. The highest BCUT2D eigenvalue weighted by Gasteiger charge is 2.29. The lowest BCUT2D eigenvalue weighted by Crippen LogP contribution is -2.52. The summed E-state index contributed by atoms with van der Waals surface area (Å²) < 4.78 is 5.34. The smallest absolute Gasteiger partial charge is 0.249 e. The fourth-order valence-electron chi connectivity index (χ4n) is 2.55. The Morgan fingerprint density at radius 1 is 1.41 bits per heavy atom. The minimum Gasteiger partial charge on any atom is -0.487 e. The highest BCUT2D eigenvalue weighted by atomic mass is 32.1. The molecular formula is C15H18N2O4S. The van der Waals surface area contributed by atoms with E-state index in [0.717, 1.165) is 10.6 Å². The van der Waals surface area contributed by atoms with E-state index in [-0.39, 0.29) is 24.7 Å². The van der Waals surface area contributed by atoms with Crippen molar-refractivity contribution in [3.8, 4) is 5.06 Å².